The van der Waals surface area contributed by atoms with Crippen LogP contribution in [0.25, 0.3) is 5.57 Å². The van der Waals surface area contributed by atoms with Gasteiger partial charge in [0.1, 0.15) is 11.4 Å². The van der Waals surface area contributed by atoms with Gasteiger partial charge < -0.3 is 10.1 Å². The highest BCUT2D eigenvalue weighted by atomic mass is 16.5. The van der Waals surface area contributed by atoms with Crippen LogP contribution >= 0.6 is 0 Å². The Hall–Kier alpha value is -3.86. The number of rotatable bonds is 6. The van der Waals surface area contributed by atoms with Crippen LogP contribution in [0.4, 0.5) is 11.4 Å². The molecule has 0 bridgehead atoms. The molecule has 2 amide bonds. The number of carbonyl (C=O) groups excluding carboxylic acids is 2. The standard InChI is InChI=1S/C28H28N2O3/c1-17(2)33-24-9-7-6-8-23(24)30-27(31)25(21-13-10-18(3)11-14-21)26(28(30)32)29-22-15-12-19(4)16-20(22)5/h6-17,29H,1-5H3. The fraction of sp³-hybridized carbons (Fsp3) is 0.214. The van der Waals surface area contributed by atoms with Crippen molar-refractivity contribution in [3.05, 3.63) is 94.7 Å². The first kappa shape index (κ1) is 22.3. The molecule has 0 aliphatic carbocycles. The second-order valence-electron chi connectivity index (χ2n) is 8.64. The van der Waals surface area contributed by atoms with Gasteiger partial charge in [-0.15, -0.1) is 0 Å². The van der Waals surface area contributed by atoms with E-state index in [0.29, 0.717) is 22.6 Å². The summed E-state index contributed by atoms with van der Waals surface area (Å²) in [5, 5.41) is 3.27. The molecule has 1 aliphatic heterocycles. The molecule has 0 radical (unpaired) electrons. The summed E-state index contributed by atoms with van der Waals surface area (Å²) >= 11 is 0. The molecule has 1 N–H and O–H groups in total. The molecule has 3 aromatic rings. The Morgan fingerprint density at radius 2 is 1.48 bits per heavy atom. The van der Waals surface area contributed by atoms with Crippen LogP contribution in [0.5, 0.6) is 5.75 Å². The van der Waals surface area contributed by atoms with E-state index < -0.39 is 5.91 Å². The molecule has 0 saturated carbocycles. The molecule has 0 aromatic heterocycles. The zero-order valence-electron chi connectivity index (χ0n) is 19.6. The van der Waals surface area contributed by atoms with E-state index in [0.717, 1.165) is 22.4 Å². The highest BCUT2D eigenvalue weighted by Gasteiger charge is 2.41. The third-order valence-corrected chi connectivity index (χ3v) is 5.53. The molecule has 0 fully saturated rings. The van der Waals surface area contributed by atoms with Gasteiger partial charge in [-0.1, -0.05) is 59.7 Å². The fourth-order valence-corrected chi connectivity index (χ4v) is 3.94. The number of nitrogens with zero attached hydrogens (tertiary/aromatic N) is 1. The fourth-order valence-electron chi connectivity index (χ4n) is 3.94. The number of amides is 2. The molecule has 1 aliphatic rings. The largest absolute Gasteiger partial charge is 0.489 e. The molecule has 1 heterocycles. The highest BCUT2D eigenvalue weighted by molar-refractivity contribution is 6.46. The van der Waals surface area contributed by atoms with Crippen LogP contribution in [-0.4, -0.2) is 17.9 Å². The maximum Gasteiger partial charge on any atom is 0.282 e. The van der Waals surface area contributed by atoms with Gasteiger partial charge in [0.15, 0.2) is 0 Å². The third-order valence-electron chi connectivity index (χ3n) is 5.53. The van der Waals surface area contributed by atoms with E-state index in [2.05, 4.69) is 5.32 Å². The molecule has 33 heavy (non-hydrogen) atoms. The van der Waals surface area contributed by atoms with E-state index in [4.69, 9.17) is 4.74 Å². The Bertz CT molecular complexity index is 1260. The summed E-state index contributed by atoms with van der Waals surface area (Å²) in [6.07, 6.45) is -0.101. The Kier molecular flexibility index (Phi) is 6.05. The van der Waals surface area contributed by atoms with Gasteiger partial charge in [-0.3, -0.25) is 9.59 Å². The van der Waals surface area contributed by atoms with Crippen LogP contribution < -0.4 is 15.0 Å². The smallest absolute Gasteiger partial charge is 0.282 e. The first-order valence-electron chi connectivity index (χ1n) is 11.1. The van der Waals surface area contributed by atoms with Crippen molar-refractivity contribution in [1.29, 1.82) is 0 Å². The first-order chi connectivity index (χ1) is 15.8. The summed E-state index contributed by atoms with van der Waals surface area (Å²) in [6.45, 7) is 9.80. The minimum absolute atomic E-state index is 0.101. The van der Waals surface area contributed by atoms with E-state index in [1.807, 2.05) is 83.1 Å². The van der Waals surface area contributed by atoms with E-state index in [1.165, 1.54) is 4.90 Å². The molecule has 0 unspecified atom stereocenters. The van der Waals surface area contributed by atoms with Gasteiger partial charge in [0.2, 0.25) is 0 Å². The topological polar surface area (TPSA) is 58.6 Å². The van der Waals surface area contributed by atoms with Crippen molar-refractivity contribution < 1.29 is 14.3 Å². The summed E-state index contributed by atoms with van der Waals surface area (Å²) in [5.41, 5.74) is 5.71. The van der Waals surface area contributed by atoms with Crippen LogP contribution in [-0.2, 0) is 9.59 Å². The summed E-state index contributed by atoms with van der Waals surface area (Å²) in [5.74, 6) is -0.295. The summed E-state index contributed by atoms with van der Waals surface area (Å²) in [6, 6.07) is 20.7. The van der Waals surface area contributed by atoms with Crippen molar-refractivity contribution in [3.63, 3.8) is 0 Å². The van der Waals surface area contributed by atoms with Gasteiger partial charge >= 0.3 is 0 Å². The summed E-state index contributed by atoms with van der Waals surface area (Å²) < 4.78 is 5.91. The van der Waals surface area contributed by atoms with Gasteiger partial charge in [-0.25, -0.2) is 4.90 Å². The van der Waals surface area contributed by atoms with E-state index in [1.54, 1.807) is 18.2 Å². The molecule has 168 valence electrons. The predicted molar refractivity (Wildman–Crippen MR) is 132 cm³/mol. The number of aryl methyl sites for hydroxylation is 3. The van der Waals surface area contributed by atoms with E-state index >= 15 is 0 Å². The number of ether oxygens (including phenoxy) is 1. The lowest BCUT2D eigenvalue weighted by Crippen LogP contribution is -2.33. The molecule has 0 spiro atoms. The van der Waals surface area contributed by atoms with Crippen LogP contribution in [0.3, 0.4) is 0 Å². The quantitative estimate of drug-likeness (QED) is 0.493. The Morgan fingerprint density at radius 3 is 2.15 bits per heavy atom. The maximum atomic E-state index is 13.7. The van der Waals surface area contributed by atoms with Crippen molar-refractivity contribution in [3.8, 4) is 5.75 Å². The Labute approximate surface area is 194 Å². The van der Waals surface area contributed by atoms with Crippen molar-refractivity contribution >= 4 is 28.8 Å². The number of carbonyl (C=O) groups is 2. The Morgan fingerprint density at radius 1 is 0.818 bits per heavy atom. The van der Waals surface area contributed by atoms with Gasteiger partial charge in [0.25, 0.3) is 11.8 Å². The number of anilines is 2. The van der Waals surface area contributed by atoms with Crippen LogP contribution in [0.2, 0.25) is 0 Å². The third kappa shape index (κ3) is 4.40. The highest BCUT2D eigenvalue weighted by Crippen LogP contribution is 2.38. The van der Waals surface area contributed by atoms with Crippen molar-refractivity contribution in [2.24, 2.45) is 0 Å². The Balaban J connectivity index is 1.84. The predicted octanol–water partition coefficient (Wildman–Crippen LogP) is 5.80. The maximum absolute atomic E-state index is 13.7. The molecule has 5 nitrogen and oxygen atoms in total. The lowest BCUT2D eigenvalue weighted by molar-refractivity contribution is -0.120. The van der Waals surface area contributed by atoms with Gasteiger partial charge in [0, 0.05) is 5.69 Å². The first-order valence-corrected chi connectivity index (χ1v) is 11.1. The number of benzene rings is 3. The van der Waals surface area contributed by atoms with Crippen molar-refractivity contribution in [2.45, 2.75) is 40.7 Å². The van der Waals surface area contributed by atoms with Gasteiger partial charge in [-0.2, -0.15) is 0 Å². The zero-order chi connectivity index (χ0) is 23.7. The number of para-hydroxylation sites is 2. The molecule has 3 aromatic carbocycles. The molecule has 0 atom stereocenters. The van der Waals surface area contributed by atoms with Gasteiger partial charge in [-0.05, 0) is 63.9 Å². The SMILES string of the molecule is Cc1ccc(C2=C(Nc3ccc(C)cc3C)C(=O)N(c3ccccc3OC(C)C)C2=O)cc1. The average Bonchev–Trinajstić information content (AvgIpc) is 3.00. The summed E-state index contributed by atoms with van der Waals surface area (Å²) in [4.78, 5) is 28.7. The van der Waals surface area contributed by atoms with Crippen molar-refractivity contribution in [1.82, 2.24) is 0 Å². The van der Waals surface area contributed by atoms with Crippen LogP contribution in [0, 0.1) is 20.8 Å². The van der Waals surface area contributed by atoms with Crippen LogP contribution in [0.15, 0.2) is 72.4 Å². The molecule has 4 rings (SSSR count). The second-order valence-corrected chi connectivity index (χ2v) is 8.64. The lowest BCUT2D eigenvalue weighted by atomic mass is 10.0. The second kappa shape index (κ2) is 8.94. The molecular formula is C28H28N2O3. The number of hydrogen-bond donors (Lipinski definition) is 1. The van der Waals surface area contributed by atoms with Gasteiger partial charge in [0.05, 0.1) is 17.4 Å². The molecule has 0 saturated heterocycles. The zero-order valence-corrected chi connectivity index (χ0v) is 19.6. The monoisotopic (exact) mass is 440 g/mol. The minimum atomic E-state index is -0.407. The number of imide groups is 1. The molecule has 5 heteroatoms. The lowest BCUT2D eigenvalue weighted by Gasteiger charge is -2.20. The normalized spacial score (nSPS) is 13.8. The number of nitrogens with one attached hydrogen (secondary N) is 1. The average molecular weight is 441 g/mol. The molecular weight excluding hydrogens is 412 g/mol. The van der Waals surface area contributed by atoms with Crippen molar-refractivity contribution in [2.75, 3.05) is 10.2 Å². The summed E-state index contributed by atoms with van der Waals surface area (Å²) in [7, 11) is 0. The van der Waals surface area contributed by atoms with E-state index in [9.17, 15) is 9.59 Å². The van der Waals surface area contributed by atoms with E-state index in [-0.39, 0.29) is 17.7 Å². The number of hydrogen-bond acceptors (Lipinski definition) is 4. The van der Waals surface area contributed by atoms with Crippen LogP contribution in [0.1, 0.15) is 36.1 Å². The minimum Gasteiger partial charge on any atom is -0.489 e.